The van der Waals surface area contributed by atoms with Crippen LogP contribution in [0.4, 0.5) is 5.13 Å². The molecule has 2 saturated carbocycles. The standard InChI is InChI=1S/C13H18N2O2S/c1-17-12(16)6-10-8-18-13(14-10)15(11-4-5-11)7-9-2-3-9/h8-9,11H,2-7H2,1H3. The fraction of sp³-hybridized carbons (Fsp3) is 0.692. The average Bonchev–Trinajstić information content (AvgIpc) is 3.26. The molecule has 1 heterocycles. The van der Waals surface area contributed by atoms with Crippen molar-refractivity contribution in [1.29, 1.82) is 0 Å². The summed E-state index contributed by atoms with van der Waals surface area (Å²) in [6, 6.07) is 0.697. The van der Waals surface area contributed by atoms with Gasteiger partial charge in [0.15, 0.2) is 5.13 Å². The third kappa shape index (κ3) is 2.83. The smallest absolute Gasteiger partial charge is 0.311 e. The number of carbonyl (C=O) groups excluding carboxylic acids is 1. The molecule has 0 bridgehead atoms. The van der Waals surface area contributed by atoms with E-state index in [9.17, 15) is 4.79 Å². The lowest BCUT2D eigenvalue weighted by molar-refractivity contribution is -0.139. The quantitative estimate of drug-likeness (QED) is 0.741. The summed E-state index contributed by atoms with van der Waals surface area (Å²) in [4.78, 5) is 18.3. The van der Waals surface area contributed by atoms with Crippen LogP contribution in [0.1, 0.15) is 31.4 Å². The summed E-state index contributed by atoms with van der Waals surface area (Å²) in [6.45, 7) is 1.15. The first-order valence-electron chi connectivity index (χ1n) is 6.54. The van der Waals surface area contributed by atoms with Crippen molar-refractivity contribution in [2.24, 2.45) is 5.92 Å². The number of hydrogen-bond acceptors (Lipinski definition) is 5. The number of carbonyl (C=O) groups is 1. The van der Waals surface area contributed by atoms with Crippen LogP contribution in [-0.2, 0) is 16.0 Å². The number of hydrogen-bond donors (Lipinski definition) is 0. The van der Waals surface area contributed by atoms with Crippen molar-refractivity contribution in [2.45, 2.75) is 38.1 Å². The fourth-order valence-corrected chi connectivity index (χ4v) is 2.98. The van der Waals surface area contributed by atoms with Gasteiger partial charge in [0.05, 0.1) is 19.2 Å². The van der Waals surface area contributed by atoms with Gasteiger partial charge in [-0.2, -0.15) is 0 Å². The molecule has 5 heteroatoms. The number of esters is 1. The molecule has 1 aromatic heterocycles. The number of methoxy groups -OCH3 is 1. The highest BCUT2D eigenvalue weighted by atomic mass is 32.1. The summed E-state index contributed by atoms with van der Waals surface area (Å²) in [7, 11) is 1.42. The van der Waals surface area contributed by atoms with Crippen molar-refractivity contribution in [1.82, 2.24) is 4.98 Å². The lowest BCUT2D eigenvalue weighted by Crippen LogP contribution is -2.27. The lowest BCUT2D eigenvalue weighted by atomic mass is 10.3. The van der Waals surface area contributed by atoms with Gasteiger partial charge in [0, 0.05) is 18.0 Å². The summed E-state index contributed by atoms with van der Waals surface area (Å²) >= 11 is 1.66. The average molecular weight is 266 g/mol. The van der Waals surface area contributed by atoms with E-state index in [-0.39, 0.29) is 12.4 Å². The molecule has 0 N–H and O–H groups in total. The van der Waals surface area contributed by atoms with E-state index in [4.69, 9.17) is 0 Å². The Kier molecular flexibility index (Phi) is 3.24. The van der Waals surface area contributed by atoms with E-state index in [1.807, 2.05) is 5.38 Å². The van der Waals surface area contributed by atoms with Gasteiger partial charge in [0.25, 0.3) is 0 Å². The van der Waals surface area contributed by atoms with Gasteiger partial charge in [-0.15, -0.1) is 11.3 Å². The molecular formula is C13H18N2O2S. The maximum atomic E-state index is 11.2. The minimum Gasteiger partial charge on any atom is -0.469 e. The molecule has 0 amide bonds. The highest BCUT2D eigenvalue weighted by Gasteiger charge is 2.35. The predicted molar refractivity (Wildman–Crippen MR) is 70.9 cm³/mol. The SMILES string of the molecule is COC(=O)Cc1csc(N(CC2CC2)C2CC2)n1. The molecule has 0 spiro atoms. The number of ether oxygens (including phenoxy) is 1. The highest BCUT2D eigenvalue weighted by Crippen LogP contribution is 2.38. The number of nitrogens with zero attached hydrogens (tertiary/aromatic N) is 2. The van der Waals surface area contributed by atoms with Crippen LogP contribution in [0.5, 0.6) is 0 Å². The molecule has 1 aromatic rings. The molecule has 0 saturated heterocycles. The van der Waals surface area contributed by atoms with Crippen LogP contribution in [-0.4, -0.2) is 30.6 Å². The van der Waals surface area contributed by atoms with E-state index in [0.29, 0.717) is 6.04 Å². The van der Waals surface area contributed by atoms with E-state index >= 15 is 0 Å². The molecule has 2 fully saturated rings. The molecule has 0 atom stereocenters. The summed E-state index contributed by atoms with van der Waals surface area (Å²) in [5.74, 6) is 0.658. The summed E-state index contributed by atoms with van der Waals surface area (Å²) in [5.41, 5.74) is 0.836. The van der Waals surface area contributed by atoms with Crippen molar-refractivity contribution in [2.75, 3.05) is 18.6 Å². The maximum Gasteiger partial charge on any atom is 0.311 e. The monoisotopic (exact) mass is 266 g/mol. The van der Waals surface area contributed by atoms with Gasteiger partial charge in [0.2, 0.25) is 0 Å². The Morgan fingerprint density at radius 1 is 1.50 bits per heavy atom. The molecule has 0 radical (unpaired) electrons. The van der Waals surface area contributed by atoms with Crippen LogP contribution >= 0.6 is 11.3 Å². The normalized spacial score (nSPS) is 18.7. The van der Waals surface area contributed by atoms with Crippen molar-refractivity contribution in [3.05, 3.63) is 11.1 Å². The van der Waals surface area contributed by atoms with Crippen LogP contribution in [0.15, 0.2) is 5.38 Å². The van der Waals surface area contributed by atoms with Gasteiger partial charge < -0.3 is 9.64 Å². The van der Waals surface area contributed by atoms with Crippen LogP contribution < -0.4 is 4.90 Å². The number of rotatable bonds is 6. The molecule has 0 aliphatic heterocycles. The Bertz CT molecular complexity index is 438. The summed E-state index contributed by atoms with van der Waals surface area (Å²) < 4.78 is 4.67. The second-order valence-electron chi connectivity index (χ2n) is 5.20. The zero-order chi connectivity index (χ0) is 12.5. The molecular weight excluding hydrogens is 248 g/mol. The third-order valence-electron chi connectivity index (χ3n) is 3.48. The zero-order valence-corrected chi connectivity index (χ0v) is 11.4. The van der Waals surface area contributed by atoms with Gasteiger partial charge in [0.1, 0.15) is 0 Å². The van der Waals surface area contributed by atoms with E-state index in [2.05, 4.69) is 14.6 Å². The molecule has 0 aromatic carbocycles. The zero-order valence-electron chi connectivity index (χ0n) is 10.6. The molecule has 2 aliphatic carbocycles. The lowest BCUT2D eigenvalue weighted by Gasteiger charge is -2.21. The first kappa shape index (κ1) is 12.0. The summed E-state index contributed by atoms with van der Waals surface area (Å²) in [6.07, 6.45) is 5.60. The van der Waals surface area contributed by atoms with Gasteiger partial charge in [-0.05, 0) is 31.6 Å². The van der Waals surface area contributed by atoms with Crippen LogP contribution in [0.25, 0.3) is 0 Å². The Labute approximate surface area is 111 Å². The first-order valence-corrected chi connectivity index (χ1v) is 7.42. The number of anilines is 1. The van der Waals surface area contributed by atoms with Crippen LogP contribution in [0.2, 0.25) is 0 Å². The number of thiazole rings is 1. The van der Waals surface area contributed by atoms with Crippen molar-refractivity contribution in [3.8, 4) is 0 Å². The topological polar surface area (TPSA) is 42.4 Å². The van der Waals surface area contributed by atoms with Crippen molar-refractivity contribution >= 4 is 22.4 Å². The van der Waals surface area contributed by atoms with Crippen molar-refractivity contribution < 1.29 is 9.53 Å². The highest BCUT2D eigenvalue weighted by molar-refractivity contribution is 7.13. The van der Waals surface area contributed by atoms with E-state index in [1.54, 1.807) is 11.3 Å². The largest absolute Gasteiger partial charge is 0.469 e. The minimum atomic E-state index is -0.216. The van der Waals surface area contributed by atoms with E-state index in [0.717, 1.165) is 23.3 Å². The Morgan fingerprint density at radius 3 is 2.89 bits per heavy atom. The summed E-state index contributed by atoms with van der Waals surface area (Å²) in [5, 5.41) is 3.07. The molecule has 0 unspecified atom stereocenters. The van der Waals surface area contributed by atoms with Gasteiger partial charge in [-0.25, -0.2) is 4.98 Å². The Morgan fingerprint density at radius 2 is 2.28 bits per heavy atom. The second kappa shape index (κ2) is 4.88. The fourth-order valence-electron chi connectivity index (χ4n) is 2.08. The molecule has 18 heavy (non-hydrogen) atoms. The van der Waals surface area contributed by atoms with Gasteiger partial charge in [-0.1, -0.05) is 0 Å². The molecule has 98 valence electrons. The van der Waals surface area contributed by atoms with Crippen molar-refractivity contribution in [3.63, 3.8) is 0 Å². The van der Waals surface area contributed by atoms with E-state index in [1.165, 1.54) is 32.8 Å². The predicted octanol–water partition coefficient (Wildman–Crippen LogP) is 2.24. The van der Waals surface area contributed by atoms with Gasteiger partial charge in [-0.3, -0.25) is 4.79 Å². The van der Waals surface area contributed by atoms with Gasteiger partial charge >= 0.3 is 5.97 Å². The van der Waals surface area contributed by atoms with E-state index < -0.39 is 0 Å². The molecule has 2 aliphatic rings. The Hall–Kier alpha value is -1.10. The maximum absolute atomic E-state index is 11.2. The third-order valence-corrected chi connectivity index (χ3v) is 4.40. The second-order valence-corrected chi connectivity index (χ2v) is 6.04. The first-order chi connectivity index (χ1) is 8.76. The Balaban J connectivity index is 1.67. The van der Waals surface area contributed by atoms with Crippen LogP contribution in [0, 0.1) is 5.92 Å². The molecule has 4 nitrogen and oxygen atoms in total. The number of aromatic nitrogens is 1. The molecule has 3 rings (SSSR count). The minimum absolute atomic E-state index is 0.216. The van der Waals surface area contributed by atoms with Crippen LogP contribution in [0.3, 0.4) is 0 Å².